The molecule has 4 saturated heterocycles. The fourth-order valence-corrected chi connectivity index (χ4v) is 12.2. The van der Waals surface area contributed by atoms with E-state index in [0.717, 1.165) is 0 Å². The number of aliphatic hydroxyl groups is 2. The fraction of sp³-hybridized carbons (Fsp3) is 0.559. The Morgan fingerprint density at radius 3 is 1.72 bits per heavy atom. The number of imidazole rings is 3. The summed E-state index contributed by atoms with van der Waals surface area (Å²) in [7, 11) is -3.76. The van der Waals surface area contributed by atoms with Crippen LogP contribution in [0.4, 0.5) is 17.5 Å². The third-order valence-corrected chi connectivity index (χ3v) is 15.7. The van der Waals surface area contributed by atoms with Crippen LogP contribution >= 0.6 is 21.3 Å². The average Bonchev–Trinajstić information content (AvgIpc) is 4.19. The van der Waals surface area contributed by atoms with Gasteiger partial charge in [-0.3, -0.25) is 27.3 Å². The van der Waals surface area contributed by atoms with E-state index in [4.69, 9.17) is 87.1 Å². The first-order valence-electron chi connectivity index (χ1n) is 21.1. The van der Waals surface area contributed by atoms with Gasteiger partial charge in [-0.2, -0.15) is 0 Å². The smallest absolute Gasteiger partial charge is 0.387 e. The summed E-state index contributed by atoms with van der Waals surface area (Å²) >= 11 is 11.0. The molecule has 384 valence electrons. The Kier molecular flexibility index (Phi) is 13.7. The van der Waals surface area contributed by atoms with E-state index in [1.807, 2.05) is 0 Å². The van der Waals surface area contributed by atoms with Crippen LogP contribution in [0.2, 0.25) is 0 Å². The van der Waals surface area contributed by atoms with Gasteiger partial charge in [0.1, 0.15) is 90.0 Å². The van der Waals surface area contributed by atoms with Crippen molar-refractivity contribution in [3.05, 3.63) is 38.0 Å². The van der Waals surface area contributed by atoms with Crippen molar-refractivity contribution >= 4 is 95.8 Å². The van der Waals surface area contributed by atoms with Gasteiger partial charge in [0.2, 0.25) is 0 Å². The lowest BCUT2D eigenvalue weighted by atomic mass is 9.89. The Hall–Kier alpha value is -4.06. The Balaban J connectivity index is 0.884. The molecule has 4 aliphatic heterocycles. The van der Waals surface area contributed by atoms with Crippen molar-refractivity contribution in [1.29, 1.82) is 0 Å². The second-order valence-corrected chi connectivity index (χ2v) is 23.3. The number of anilines is 3. The zero-order chi connectivity index (χ0) is 50.2. The van der Waals surface area contributed by atoms with Crippen molar-refractivity contribution in [3.63, 3.8) is 0 Å². The highest BCUT2D eigenvalue weighted by Crippen LogP contribution is 2.55. The number of nitrogens with two attached hydrogens (primary N) is 3. The van der Waals surface area contributed by atoms with Crippen molar-refractivity contribution in [3.8, 4) is 0 Å². The Morgan fingerprint density at radius 2 is 1.17 bits per heavy atom. The molecule has 6 aromatic rings. The summed E-state index contributed by atoms with van der Waals surface area (Å²) < 4.78 is 75.0. The number of hydrogen-bond acceptors (Lipinski definition) is 27. The van der Waals surface area contributed by atoms with Gasteiger partial charge in [0.25, 0.3) is 0 Å². The Morgan fingerprint density at radius 1 is 0.676 bits per heavy atom. The van der Waals surface area contributed by atoms with Gasteiger partial charge in [-0.1, -0.05) is 0 Å². The van der Waals surface area contributed by atoms with E-state index < -0.39 is 114 Å². The number of phosphoric ester groups is 1. The van der Waals surface area contributed by atoms with Crippen LogP contribution in [-0.4, -0.2) is 176 Å². The lowest BCUT2D eigenvalue weighted by Crippen LogP contribution is -2.51. The summed E-state index contributed by atoms with van der Waals surface area (Å²) in [5.41, 5.74) is 17.9. The normalized spacial score (nSPS) is 31.9. The predicted molar refractivity (Wildman–Crippen MR) is 244 cm³/mol. The van der Waals surface area contributed by atoms with Crippen LogP contribution in [0.5, 0.6) is 0 Å². The highest BCUT2D eigenvalue weighted by atomic mass is 32.5. The molecule has 6 aromatic heterocycles. The average molecular weight is 1090 g/mol. The lowest BCUT2D eigenvalue weighted by molar-refractivity contribution is -0.164. The highest BCUT2D eigenvalue weighted by Gasteiger charge is 2.59. The third kappa shape index (κ3) is 9.67. The number of nitrogens with zero attached hydrogens (tertiary/aromatic N) is 12. The minimum Gasteiger partial charge on any atom is -0.387 e. The maximum Gasteiger partial charge on any atom is 0.469 e. The van der Waals surface area contributed by atoms with E-state index in [-0.39, 0.29) is 57.6 Å². The topological polar surface area (TPSA) is 440 Å². The van der Waals surface area contributed by atoms with Crippen LogP contribution in [0.1, 0.15) is 31.5 Å². The molecule has 32 nitrogen and oxygen atoms in total. The molecule has 4 fully saturated rings. The molecule has 71 heavy (non-hydrogen) atoms. The van der Waals surface area contributed by atoms with Crippen molar-refractivity contribution in [2.75, 3.05) is 50.7 Å². The first kappa shape index (κ1) is 50.5. The summed E-state index contributed by atoms with van der Waals surface area (Å²) in [6, 6.07) is 0. The molecule has 0 bridgehead atoms. The summed E-state index contributed by atoms with van der Waals surface area (Å²) in [5, 5.41) is 23.5. The van der Waals surface area contributed by atoms with Crippen LogP contribution in [0.25, 0.3) is 33.5 Å². The number of phosphoric acid groups is 1. The molecule has 12 N–H and O–H groups in total. The van der Waals surface area contributed by atoms with E-state index >= 15 is 0 Å². The van der Waals surface area contributed by atoms with Gasteiger partial charge in [0, 0.05) is 13.7 Å². The molecular weight excluding hydrogens is 1050 g/mol. The number of methoxy groups -OCH3 is 1. The van der Waals surface area contributed by atoms with Crippen molar-refractivity contribution in [2.45, 2.75) is 86.0 Å². The van der Waals surface area contributed by atoms with Gasteiger partial charge in [0.05, 0.1) is 38.8 Å². The molecular formula is C34H44N15O17P3S2. The van der Waals surface area contributed by atoms with E-state index in [9.17, 15) is 34.4 Å². The zero-order valence-corrected chi connectivity index (χ0v) is 40.8. The van der Waals surface area contributed by atoms with Gasteiger partial charge in [-0.25, -0.2) is 49.4 Å². The summed E-state index contributed by atoms with van der Waals surface area (Å²) in [5.74, 6) is 0.151. The lowest BCUT2D eigenvalue weighted by Gasteiger charge is -2.38. The molecule has 14 atom stereocenters. The van der Waals surface area contributed by atoms with Crippen molar-refractivity contribution in [2.24, 2.45) is 0 Å². The van der Waals surface area contributed by atoms with E-state index in [1.165, 1.54) is 58.8 Å². The van der Waals surface area contributed by atoms with E-state index in [2.05, 4.69) is 44.9 Å². The van der Waals surface area contributed by atoms with Gasteiger partial charge in [-0.15, -0.1) is 0 Å². The molecule has 0 aliphatic carbocycles. The number of aromatic nitrogens is 12. The maximum absolute atomic E-state index is 11.9. The Labute approximate surface area is 408 Å². The molecule has 37 heteroatoms. The molecule has 0 amide bonds. The molecule has 0 spiro atoms. The third-order valence-electron chi connectivity index (χ3n) is 12.2. The van der Waals surface area contributed by atoms with Crippen molar-refractivity contribution in [1.82, 2.24) is 58.6 Å². The molecule has 4 unspecified atom stereocenters. The van der Waals surface area contributed by atoms with E-state index in [0.29, 0.717) is 12.8 Å². The highest BCUT2D eigenvalue weighted by molar-refractivity contribution is 8.07. The standard InChI is InChI=1S/C34H44N15O17P3S2/c1-57-21-15(6-59-67(52,53)54)63-33(49-13-46-18-27(37)40-10-43-30(18)49)23(21)66-68(55,70)60-5-14-19(50)22(32(62-14)48-12-45-17-26(36)39-9-42-29(17)48)65-69(56,71)61-7-34-3-2-4-58-24(34)20(51)31(64-34)47-11-44-16-25(35)38-8-41-28(16)47/h8-15,19-24,31-33,50-51H,2-7H2,1H3,(H,55,70)(H,56,71)(H2,35,38,41)(H2,36,39,42)(H2,37,40,43)(H2,52,53,54)/t14?,15-,19-,20+,21-,22+,23+,24+,31-,32-,33-,34?,68?,69?/m1/s1. The number of ether oxygens (including phenoxy) is 5. The van der Waals surface area contributed by atoms with E-state index in [1.54, 1.807) is 0 Å². The predicted octanol–water partition coefficient (Wildman–Crippen LogP) is -1.42. The second kappa shape index (κ2) is 19.3. The first-order chi connectivity index (χ1) is 33.8. The van der Waals surface area contributed by atoms with Gasteiger partial charge >= 0.3 is 21.3 Å². The molecule has 10 heterocycles. The summed E-state index contributed by atoms with van der Waals surface area (Å²) in [6.07, 6.45) is -6.41. The minimum absolute atomic E-state index is 0.0113. The summed E-state index contributed by atoms with van der Waals surface area (Å²) in [4.78, 5) is 79.8. The van der Waals surface area contributed by atoms with Crippen molar-refractivity contribution < 1.29 is 80.7 Å². The van der Waals surface area contributed by atoms with Crippen LogP contribution in [-0.2, 0) is 74.5 Å². The summed E-state index contributed by atoms with van der Waals surface area (Å²) in [6.45, 7) is -10.5. The Bertz CT molecular complexity index is 3100. The number of nitrogen functional groups attached to an aromatic ring is 3. The monoisotopic (exact) mass is 1090 g/mol. The molecule has 0 radical (unpaired) electrons. The molecule has 4 aliphatic rings. The maximum atomic E-state index is 11.9. The molecule has 10 rings (SSSR count). The zero-order valence-electron chi connectivity index (χ0n) is 36.5. The number of rotatable bonds is 17. The SMILES string of the molecule is CO[C@H]1[C@H](OP(O)(=S)OCC2O[C@@H](n3cnc4c(N)ncnc43)[C@@H](OP(O)(=S)OCC34CCCO[C@H]3[C@H](O)[C@H](n3cnc5c(N)ncnc53)O4)[C@@H]2O)[C@H](n2cnc3c(N)ncnc32)O[C@@H]1COP(=O)(O)O. The minimum atomic E-state index is -5.01. The van der Waals surface area contributed by atoms with Gasteiger partial charge in [-0.05, 0) is 36.5 Å². The quantitative estimate of drug-likeness (QED) is 0.0473. The first-order valence-corrected chi connectivity index (χ1v) is 27.8. The largest absolute Gasteiger partial charge is 0.469 e. The number of aliphatic hydroxyl groups excluding tert-OH is 2. The molecule has 0 saturated carbocycles. The van der Waals surface area contributed by atoms with Crippen LogP contribution in [0.15, 0.2) is 38.0 Å². The molecule has 0 aromatic carbocycles. The van der Waals surface area contributed by atoms with Crippen LogP contribution in [0, 0.1) is 0 Å². The van der Waals surface area contributed by atoms with Crippen LogP contribution < -0.4 is 17.2 Å². The van der Waals surface area contributed by atoms with Gasteiger partial charge in [0.15, 0.2) is 53.1 Å². The van der Waals surface area contributed by atoms with Gasteiger partial charge < -0.3 is 79.7 Å². The fourth-order valence-electron chi connectivity index (χ4n) is 9.00. The number of fused-ring (bicyclic) bond motifs is 4. The van der Waals surface area contributed by atoms with Crippen LogP contribution in [0.3, 0.4) is 0 Å². The second-order valence-electron chi connectivity index (χ2n) is 16.5. The number of hydrogen-bond donors (Lipinski definition) is 9.